The summed E-state index contributed by atoms with van der Waals surface area (Å²) in [4.78, 5) is 25.0. The van der Waals surface area contributed by atoms with Crippen LogP contribution in [-0.2, 0) is 4.79 Å². The third kappa shape index (κ3) is 4.01. The molecule has 21 heavy (non-hydrogen) atoms. The van der Waals surface area contributed by atoms with Gasteiger partial charge in [0.2, 0.25) is 5.91 Å². The van der Waals surface area contributed by atoms with E-state index in [9.17, 15) is 14.9 Å². The molecular formula is C15H21N3O3. The number of carbonyl (C=O) groups excluding carboxylic acids is 1. The number of nitrogens with one attached hydrogen (secondary N) is 1. The molecule has 1 aliphatic rings. The van der Waals surface area contributed by atoms with Crippen molar-refractivity contribution < 1.29 is 9.72 Å². The van der Waals surface area contributed by atoms with Crippen LogP contribution >= 0.6 is 0 Å². The summed E-state index contributed by atoms with van der Waals surface area (Å²) in [5, 5.41) is 13.7. The molecule has 114 valence electrons. The van der Waals surface area contributed by atoms with Gasteiger partial charge < -0.3 is 5.32 Å². The number of hydrogen-bond donors (Lipinski definition) is 1. The summed E-state index contributed by atoms with van der Waals surface area (Å²) < 4.78 is 0. The molecule has 1 amide bonds. The van der Waals surface area contributed by atoms with Crippen molar-refractivity contribution in [1.29, 1.82) is 0 Å². The Hall–Kier alpha value is -1.95. The predicted molar refractivity (Wildman–Crippen MR) is 81.2 cm³/mol. The molecule has 6 nitrogen and oxygen atoms in total. The number of carbonyl (C=O) groups is 1. The van der Waals surface area contributed by atoms with Crippen LogP contribution in [0.5, 0.6) is 0 Å². The molecule has 1 aromatic carbocycles. The number of hydrogen-bond acceptors (Lipinski definition) is 4. The van der Waals surface area contributed by atoms with Crippen LogP contribution in [-0.4, -0.2) is 34.9 Å². The molecule has 1 heterocycles. The van der Waals surface area contributed by atoms with Gasteiger partial charge >= 0.3 is 0 Å². The number of nitrogens with zero attached hydrogens (tertiary/aromatic N) is 2. The summed E-state index contributed by atoms with van der Waals surface area (Å²) in [6.07, 6.45) is 4.61. The largest absolute Gasteiger partial charge is 0.319 e. The number of benzene rings is 1. The van der Waals surface area contributed by atoms with Gasteiger partial charge in [-0.2, -0.15) is 0 Å². The molecular weight excluding hydrogens is 270 g/mol. The maximum atomic E-state index is 12.3. The first kappa shape index (κ1) is 15.4. The molecule has 1 N–H and O–H groups in total. The summed E-state index contributed by atoms with van der Waals surface area (Å²) in [7, 11) is 0. The fourth-order valence-electron chi connectivity index (χ4n) is 2.62. The first-order valence-corrected chi connectivity index (χ1v) is 7.38. The van der Waals surface area contributed by atoms with Crippen LogP contribution in [0.2, 0.25) is 0 Å². The van der Waals surface area contributed by atoms with Crippen LogP contribution in [0.1, 0.15) is 32.6 Å². The molecule has 0 aliphatic carbocycles. The monoisotopic (exact) mass is 291 g/mol. The van der Waals surface area contributed by atoms with E-state index in [0.29, 0.717) is 0 Å². The molecule has 0 saturated carbocycles. The van der Waals surface area contributed by atoms with Crippen molar-refractivity contribution in [3.05, 3.63) is 34.4 Å². The quantitative estimate of drug-likeness (QED) is 0.683. The molecule has 0 unspecified atom stereocenters. The Morgan fingerprint density at radius 2 is 1.86 bits per heavy atom. The zero-order chi connectivity index (χ0) is 15.2. The van der Waals surface area contributed by atoms with E-state index in [2.05, 4.69) is 10.2 Å². The number of amides is 1. The van der Waals surface area contributed by atoms with E-state index in [1.54, 1.807) is 18.2 Å². The predicted octanol–water partition coefficient (Wildman–Crippen LogP) is 2.80. The van der Waals surface area contributed by atoms with Crippen molar-refractivity contribution in [1.82, 2.24) is 4.90 Å². The number of nitro groups is 1. The second-order valence-corrected chi connectivity index (χ2v) is 5.39. The van der Waals surface area contributed by atoms with Crippen LogP contribution < -0.4 is 5.32 Å². The minimum absolute atomic E-state index is 0.0751. The van der Waals surface area contributed by atoms with Crippen molar-refractivity contribution >= 4 is 17.3 Å². The van der Waals surface area contributed by atoms with Gasteiger partial charge in [-0.25, -0.2) is 0 Å². The Morgan fingerprint density at radius 1 is 1.24 bits per heavy atom. The first-order chi connectivity index (χ1) is 10.1. The van der Waals surface area contributed by atoms with Crippen LogP contribution in [0.3, 0.4) is 0 Å². The topological polar surface area (TPSA) is 75.5 Å². The van der Waals surface area contributed by atoms with Gasteiger partial charge in [0, 0.05) is 6.07 Å². The molecule has 2 rings (SSSR count). The molecule has 0 bridgehead atoms. The molecule has 0 radical (unpaired) electrons. The Kier molecular flexibility index (Phi) is 5.27. The van der Waals surface area contributed by atoms with Crippen molar-refractivity contribution in [3.63, 3.8) is 0 Å². The highest BCUT2D eigenvalue weighted by atomic mass is 16.6. The zero-order valence-corrected chi connectivity index (χ0v) is 12.2. The fourth-order valence-corrected chi connectivity index (χ4v) is 2.62. The lowest BCUT2D eigenvalue weighted by molar-refractivity contribution is -0.383. The summed E-state index contributed by atoms with van der Waals surface area (Å²) in [5.74, 6) is -0.189. The Balaban J connectivity index is 2.05. The van der Waals surface area contributed by atoms with E-state index in [0.717, 1.165) is 25.9 Å². The van der Waals surface area contributed by atoms with E-state index in [4.69, 9.17) is 0 Å². The second-order valence-electron chi connectivity index (χ2n) is 5.39. The van der Waals surface area contributed by atoms with Crippen LogP contribution in [0, 0.1) is 10.1 Å². The fraction of sp³-hybridized carbons (Fsp3) is 0.533. The molecule has 1 aromatic rings. The standard InChI is InChI=1S/C15H21N3O3/c1-12(17-10-6-2-3-7-11-17)15(19)16-13-8-4-5-9-14(13)18(20)21/h4-5,8-9,12H,2-3,6-7,10-11H2,1H3,(H,16,19)/t12-/m1/s1. The first-order valence-electron chi connectivity index (χ1n) is 7.38. The number of nitro benzene ring substituents is 1. The van der Waals surface area contributed by atoms with Gasteiger partial charge in [0.25, 0.3) is 5.69 Å². The number of anilines is 1. The van der Waals surface area contributed by atoms with Gasteiger partial charge in [-0.05, 0) is 38.9 Å². The highest BCUT2D eigenvalue weighted by Gasteiger charge is 2.24. The number of likely N-dealkylation sites (tertiary alicyclic amines) is 1. The van der Waals surface area contributed by atoms with E-state index in [1.165, 1.54) is 18.9 Å². The average Bonchev–Trinajstić information content (AvgIpc) is 2.75. The average molecular weight is 291 g/mol. The summed E-state index contributed by atoms with van der Waals surface area (Å²) >= 11 is 0. The van der Waals surface area contributed by atoms with E-state index < -0.39 is 4.92 Å². The molecule has 1 aliphatic heterocycles. The zero-order valence-electron chi connectivity index (χ0n) is 12.2. The van der Waals surface area contributed by atoms with Crippen LogP contribution in [0.25, 0.3) is 0 Å². The lowest BCUT2D eigenvalue weighted by atomic mass is 10.2. The minimum atomic E-state index is -0.480. The number of para-hydroxylation sites is 2. The third-order valence-corrected chi connectivity index (χ3v) is 3.93. The molecule has 1 atom stereocenters. The van der Waals surface area contributed by atoms with E-state index in [1.807, 2.05) is 6.92 Å². The lowest BCUT2D eigenvalue weighted by Gasteiger charge is -2.26. The van der Waals surface area contributed by atoms with Crippen LogP contribution in [0.15, 0.2) is 24.3 Å². The van der Waals surface area contributed by atoms with Crippen molar-refractivity contribution in [2.24, 2.45) is 0 Å². The summed E-state index contributed by atoms with van der Waals surface area (Å²) in [6, 6.07) is 5.95. The Bertz CT molecular complexity index is 511. The van der Waals surface area contributed by atoms with E-state index >= 15 is 0 Å². The van der Waals surface area contributed by atoms with Crippen molar-refractivity contribution in [2.75, 3.05) is 18.4 Å². The molecule has 1 saturated heterocycles. The smallest absolute Gasteiger partial charge is 0.292 e. The normalized spacial score (nSPS) is 17.8. The molecule has 1 fully saturated rings. The maximum Gasteiger partial charge on any atom is 0.292 e. The maximum absolute atomic E-state index is 12.3. The summed E-state index contributed by atoms with van der Waals surface area (Å²) in [6.45, 7) is 3.67. The highest BCUT2D eigenvalue weighted by molar-refractivity contribution is 5.96. The van der Waals surface area contributed by atoms with Gasteiger partial charge in [0.05, 0.1) is 11.0 Å². The SMILES string of the molecule is C[C@H](C(=O)Nc1ccccc1[N+](=O)[O-])N1CCCCCC1. The van der Waals surface area contributed by atoms with Crippen LogP contribution in [0.4, 0.5) is 11.4 Å². The minimum Gasteiger partial charge on any atom is -0.319 e. The van der Waals surface area contributed by atoms with Gasteiger partial charge in [0.15, 0.2) is 0 Å². The second kappa shape index (κ2) is 7.17. The van der Waals surface area contributed by atoms with Gasteiger partial charge in [-0.3, -0.25) is 19.8 Å². The molecule has 6 heteroatoms. The molecule has 0 spiro atoms. The Morgan fingerprint density at radius 3 is 2.48 bits per heavy atom. The van der Waals surface area contributed by atoms with Gasteiger partial charge in [0.1, 0.15) is 5.69 Å². The third-order valence-electron chi connectivity index (χ3n) is 3.93. The van der Waals surface area contributed by atoms with Crippen molar-refractivity contribution in [2.45, 2.75) is 38.6 Å². The number of rotatable bonds is 4. The lowest BCUT2D eigenvalue weighted by Crippen LogP contribution is -2.42. The summed E-state index contributed by atoms with van der Waals surface area (Å²) in [5.41, 5.74) is 0.183. The van der Waals surface area contributed by atoms with E-state index in [-0.39, 0.29) is 23.3 Å². The van der Waals surface area contributed by atoms with Gasteiger partial charge in [-0.15, -0.1) is 0 Å². The Labute approximate surface area is 124 Å². The highest BCUT2D eigenvalue weighted by Crippen LogP contribution is 2.23. The van der Waals surface area contributed by atoms with Crippen molar-refractivity contribution in [3.8, 4) is 0 Å². The molecule has 0 aromatic heterocycles. The van der Waals surface area contributed by atoms with Gasteiger partial charge in [-0.1, -0.05) is 25.0 Å².